The van der Waals surface area contributed by atoms with E-state index in [1.807, 2.05) is 24.3 Å². The maximum absolute atomic E-state index is 11.0. The van der Waals surface area contributed by atoms with Crippen LogP contribution < -0.4 is 5.32 Å². The van der Waals surface area contributed by atoms with E-state index in [0.717, 1.165) is 23.3 Å². The molecule has 0 bridgehead atoms. The molecule has 1 aliphatic carbocycles. The molecule has 2 aromatic rings. The van der Waals surface area contributed by atoms with E-state index >= 15 is 0 Å². The van der Waals surface area contributed by atoms with Crippen LogP contribution in [0.5, 0.6) is 0 Å². The lowest BCUT2D eigenvalue weighted by molar-refractivity contribution is 0.175. The summed E-state index contributed by atoms with van der Waals surface area (Å²) in [7, 11) is 0. The summed E-state index contributed by atoms with van der Waals surface area (Å²) in [6, 6.07) is 9.70. The second-order valence-electron chi connectivity index (χ2n) is 5.94. The molecular weight excluding hydrogens is 254 g/mol. The molecule has 1 aliphatic rings. The van der Waals surface area contributed by atoms with Gasteiger partial charge in [-0.05, 0) is 41.2 Å². The molecule has 104 valence electrons. The molecule has 0 saturated carbocycles. The number of rotatable bonds is 2. The maximum Gasteiger partial charge on any atom is 0.405 e. The number of amides is 1. The van der Waals surface area contributed by atoms with Gasteiger partial charge in [0.05, 0.1) is 12.3 Å². The number of fused-ring (bicyclic) bond motifs is 1. The Balaban J connectivity index is 2.01. The van der Waals surface area contributed by atoms with Crippen molar-refractivity contribution in [1.29, 1.82) is 0 Å². The van der Waals surface area contributed by atoms with E-state index < -0.39 is 6.09 Å². The molecule has 1 unspecified atom stereocenters. The Hall–Kier alpha value is -2.23. The lowest BCUT2D eigenvalue weighted by atomic mass is 9.85. The van der Waals surface area contributed by atoms with Crippen LogP contribution in [0.25, 0.3) is 11.3 Å². The molecular formula is C16H17NO3. The number of furan rings is 1. The number of nitrogens with one attached hydrogen (secondary N) is 1. The molecule has 4 heteroatoms. The maximum atomic E-state index is 11.0. The highest BCUT2D eigenvalue weighted by molar-refractivity contribution is 5.67. The van der Waals surface area contributed by atoms with Gasteiger partial charge in [0.2, 0.25) is 0 Å². The Kier molecular flexibility index (Phi) is 2.82. The number of hydrogen-bond acceptors (Lipinski definition) is 2. The zero-order chi connectivity index (χ0) is 14.3. The van der Waals surface area contributed by atoms with Gasteiger partial charge in [-0.25, -0.2) is 4.79 Å². The van der Waals surface area contributed by atoms with Crippen LogP contribution in [0.3, 0.4) is 0 Å². The molecule has 1 aromatic carbocycles. The standard InChI is InChI=1S/C16H17NO3/c1-16(2)9-11-8-10(13-4-3-7-20-13)5-6-12(11)14(16)17-15(18)19/h3-8,14,17H,9H2,1-2H3,(H,18,19). The van der Waals surface area contributed by atoms with Gasteiger partial charge in [0.25, 0.3) is 0 Å². The van der Waals surface area contributed by atoms with Crippen LogP contribution in [-0.2, 0) is 6.42 Å². The molecule has 1 aromatic heterocycles. The Morgan fingerprint density at radius 3 is 2.85 bits per heavy atom. The zero-order valence-corrected chi connectivity index (χ0v) is 11.5. The Labute approximate surface area is 117 Å². The second-order valence-corrected chi connectivity index (χ2v) is 5.94. The van der Waals surface area contributed by atoms with Gasteiger partial charge in [-0.1, -0.05) is 26.0 Å². The highest BCUT2D eigenvalue weighted by atomic mass is 16.4. The van der Waals surface area contributed by atoms with Gasteiger partial charge in [0.1, 0.15) is 5.76 Å². The molecule has 2 N–H and O–H groups in total. The van der Waals surface area contributed by atoms with Crippen LogP contribution in [0.4, 0.5) is 4.79 Å². The fraction of sp³-hybridized carbons (Fsp3) is 0.312. The van der Waals surface area contributed by atoms with Crippen molar-refractivity contribution in [3.8, 4) is 11.3 Å². The Bertz CT molecular complexity index is 644. The highest BCUT2D eigenvalue weighted by Gasteiger charge is 2.40. The third kappa shape index (κ3) is 2.07. The van der Waals surface area contributed by atoms with Crippen molar-refractivity contribution in [2.24, 2.45) is 5.41 Å². The first-order chi connectivity index (χ1) is 9.47. The van der Waals surface area contributed by atoms with Crippen LogP contribution in [0, 0.1) is 5.41 Å². The first-order valence-electron chi connectivity index (χ1n) is 6.63. The summed E-state index contributed by atoms with van der Waals surface area (Å²) in [6.07, 6.45) is 1.52. The van der Waals surface area contributed by atoms with Crippen LogP contribution in [0.2, 0.25) is 0 Å². The first kappa shape index (κ1) is 12.8. The van der Waals surface area contributed by atoms with Gasteiger partial charge in [0.15, 0.2) is 0 Å². The van der Waals surface area contributed by atoms with Crippen molar-refractivity contribution in [3.63, 3.8) is 0 Å². The molecule has 0 spiro atoms. The van der Waals surface area contributed by atoms with Crippen molar-refractivity contribution in [1.82, 2.24) is 5.32 Å². The minimum Gasteiger partial charge on any atom is -0.465 e. The molecule has 1 amide bonds. The van der Waals surface area contributed by atoms with Gasteiger partial charge >= 0.3 is 6.09 Å². The van der Waals surface area contributed by atoms with Crippen LogP contribution in [-0.4, -0.2) is 11.2 Å². The number of carboxylic acid groups (broad SMARTS) is 1. The molecule has 0 fully saturated rings. The van der Waals surface area contributed by atoms with Gasteiger partial charge < -0.3 is 14.8 Å². The van der Waals surface area contributed by atoms with Gasteiger partial charge in [-0.3, -0.25) is 0 Å². The SMILES string of the molecule is CC1(C)Cc2cc(-c3ccco3)ccc2C1NC(=O)O. The summed E-state index contributed by atoms with van der Waals surface area (Å²) >= 11 is 0. The zero-order valence-electron chi connectivity index (χ0n) is 11.5. The summed E-state index contributed by atoms with van der Waals surface area (Å²) in [5, 5.41) is 11.6. The number of carbonyl (C=O) groups is 1. The van der Waals surface area contributed by atoms with Gasteiger partial charge in [-0.2, -0.15) is 0 Å². The summed E-state index contributed by atoms with van der Waals surface area (Å²) in [5.41, 5.74) is 3.15. The van der Waals surface area contributed by atoms with E-state index in [4.69, 9.17) is 9.52 Å². The summed E-state index contributed by atoms with van der Waals surface area (Å²) in [6.45, 7) is 4.17. The van der Waals surface area contributed by atoms with Crippen molar-refractivity contribution in [3.05, 3.63) is 47.7 Å². The average molecular weight is 271 g/mol. The first-order valence-corrected chi connectivity index (χ1v) is 6.63. The van der Waals surface area contributed by atoms with E-state index in [1.54, 1.807) is 6.26 Å². The second kappa shape index (κ2) is 4.40. The molecule has 4 nitrogen and oxygen atoms in total. The fourth-order valence-electron chi connectivity index (χ4n) is 3.05. The van der Waals surface area contributed by atoms with Crippen molar-refractivity contribution in [2.45, 2.75) is 26.3 Å². The number of hydrogen-bond donors (Lipinski definition) is 2. The van der Waals surface area contributed by atoms with Crippen molar-refractivity contribution >= 4 is 6.09 Å². The van der Waals surface area contributed by atoms with Crippen LogP contribution in [0.15, 0.2) is 41.0 Å². The summed E-state index contributed by atoms with van der Waals surface area (Å²) < 4.78 is 5.41. The Morgan fingerprint density at radius 2 is 2.20 bits per heavy atom. The largest absolute Gasteiger partial charge is 0.465 e. The predicted octanol–water partition coefficient (Wildman–Crippen LogP) is 3.84. The summed E-state index contributed by atoms with van der Waals surface area (Å²) in [4.78, 5) is 11.0. The quantitative estimate of drug-likeness (QED) is 0.872. The number of benzene rings is 1. The third-order valence-electron chi connectivity index (χ3n) is 3.96. The fourth-order valence-corrected chi connectivity index (χ4v) is 3.05. The van der Waals surface area contributed by atoms with Gasteiger partial charge in [-0.15, -0.1) is 0 Å². The van der Waals surface area contributed by atoms with Crippen molar-refractivity contribution < 1.29 is 14.3 Å². The molecule has 0 aliphatic heterocycles. The minimum absolute atomic E-state index is 0.123. The van der Waals surface area contributed by atoms with E-state index in [0.29, 0.717) is 0 Å². The predicted molar refractivity (Wildman–Crippen MR) is 75.5 cm³/mol. The monoisotopic (exact) mass is 271 g/mol. The molecule has 3 rings (SSSR count). The van der Waals surface area contributed by atoms with Gasteiger partial charge in [0, 0.05) is 5.56 Å². The lowest BCUT2D eigenvalue weighted by Gasteiger charge is -2.27. The van der Waals surface area contributed by atoms with Crippen LogP contribution in [0.1, 0.15) is 31.0 Å². The smallest absolute Gasteiger partial charge is 0.405 e. The molecule has 0 radical (unpaired) electrons. The highest BCUT2D eigenvalue weighted by Crippen LogP contribution is 2.46. The van der Waals surface area contributed by atoms with E-state index in [2.05, 4.69) is 25.2 Å². The minimum atomic E-state index is -0.981. The normalized spacial score (nSPS) is 19.6. The summed E-state index contributed by atoms with van der Waals surface area (Å²) in [5.74, 6) is 0.834. The topological polar surface area (TPSA) is 62.5 Å². The lowest BCUT2D eigenvalue weighted by Crippen LogP contribution is -2.34. The average Bonchev–Trinajstić information content (AvgIpc) is 2.95. The molecule has 0 saturated heterocycles. The van der Waals surface area contributed by atoms with Crippen molar-refractivity contribution in [2.75, 3.05) is 0 Å². The Morgan fingerprint density at radius 1 is 1.40 bits per heavy atom. The molecule has 20 heavy (non-hydrogen) atoms. The molecule has 1 atom stereocenters. The van der Waals surface area contributed by atoms with E-state index in [9.17, 15) is 4.79 Å². The van der Waals surface area contributed by atoms with E-state index in [1.165, 1.54) is 5.56 Å². The van der Waals surface area contributed by atoms with E-state index in [-0.39, 0.29) is 11.5 Å². The molecule has 1 heterocycles. The third-order valence-corrected chi connectivity index (χ3v) is 3.96. The van der Waals surface area contributed by atoms with Crippen LogP contribution >= 0.6 is 0 Å².